The Morgan fingerprint density at radius 3 is 2.58 bits per heavy atom. The Morgan fingerprint density at radius 2 is 2.00 bits per heavy atom. The fourth-order valence-electron chi connectivity index (χ4n) is 2.15. The van der Waals surface area contributed by atoms with Crippen LogP contribution >= 0.6 is 0 Å². The molecule has 2 rings (SSSR count). The van der Waals surface area contributed by atoms with Crippen LogP contribution in [0.15, 0.2) is 23.3 Å². The van der Waals surface area contributed by atoms with Gasteiger partial charge in [0.25, 0.3) is 0 Å². The molecule has 0 aliphatic heterocycles. The van der Waals surface area contributed by atoms with E-state index in [0.717, 1.165) is 12.3 Å². The van der Waals surface area contributed by atoms with Gasteiger partial charge in [0, 0.05) is 25.0 Å². The van der Waals surface area contributed by atoms with Gasteiger partial charge in [0.05, 0.1) is 5.41 Å². The third kappa shape index (κ3) is 5.88. The minimum absolute atomic E-state index is 0.0490. The molecule has 1 aliphatic rings. The molecule has 1 saturated carbocycles. The largest absolute Gasteiger partial charge is 0.468 e. The number of aliphatic imine (C=N–C) groups is 1. The highest BCUT2D eigenvalue weighted by Gasteiger charge is 2.62. The zero-order valence-corrected chi connectivity index (χ0v) is 13.3. The number of aromatic nitrogens is 1. The molecule has 1 aromatic heterocycles. The van der Waals surface area contributed by atoms with Crippen LogP contribution in [0.2, 0.25) is 0 Å². The molecule has 0 unspecified atom stereocenters. The van der Waals surface area contributed by atoms with Gasteiger partial charge in [0.2, 0.25) is 5.88 Å². The second-order valence-corrected chi connectivity index (χ2v) is 5.85. The van der Waals surface area contributed by atoms with Crippen LogP contribution in [0.3, 0.4) is 0 Å². The third-order valence-corrected chi connectivity index (χ3v) is 3.81. The number of nitrogens with one attached hydrogen (secondary N) is 1. The molecule has 1 N–H and O–H groups in total. The number of carbonyl (C=O) groups is 1. The highest BCUT2D eigenvalue weighted by molar-refractivity contribution is 5.91. The Hall–Kier alpha value is -2.33. The lowest BCUT2D eigenvalue weighted by molar-refractivity contribution is -0.188. The molecule has 0 saturated heterocycles. The molecule has 144 valence electrons. The Balaban J connectivity index is 1.81. The lowest BCUT2D eigenvalue weighted by Crippen LogP contribution is -2.30. The molecule has 0 aromatic carbocycles. The van der Waals surface area contributed by atoms with E-state index in [1.54, 1.807) is 0 Å². The molecule has 1 aliphatic carbocycles. The zero-order valence-electron chi connectivity index (χ0n) is 13.3. The van der Waals surface area contributed by atoms with Gasteiger partial charge in [-0.2, -0.15) is 26.3 Å². The number of urea groups is 1. The van der Waals surface area contributed by atoms with E-state index >= 15 is 0 Å². The van der Waals surface area contributed by atoms with Crippen molar-refractivity contribution in [3.63, 3.8) is 0 Å². The van der Waals surface area contributed by atoms with Crippen molar-refractivity contribution in [3.8, 4) is 5.88 Å². The quantitative estimate of drug-likeness (QED) is 0.599. The number of ether oxygens (including phenoxy) is 1. The summed E-state index contributed by atoms with van der Waals surface area (Å²) in [5.41, 5.74) is -1.46. The first-order chi connectivity index (χ1) is 12.0. The normalized spacial score (nSPS) is 16.5. The van der Waals surface area contributed by atoms with Crippen molar-refractivity contribution in [3.05, 3.63) is 23.9 Å². The van der Waals surface area contributed by atoms with Gasteiger partial charge >= 0.3 is 18.4 Å². The number of hydrogen-bond donors (Lipinski definition) is 1. The molecule has 1 fully saturated rings. The monoisotopic (exact) mass is 383 g/mol. The lowest BCUT2D eigenvalue weighted by Gasteiger charge is -2.18. The van der Waals surface area contributed by atoms with E-state index < -0.39 is 30.4 Å². The summed E-state index contributed by atoms with van der Waals surface area (Å²) in [6.45, 7) is -1.69. The van der Waals surface area contributed by atoms with Crippen molar-refractivity contribution < 1.29 is 35.9 Å². The van der Waals surface area contributed by atoms with Gasteiger partial charge in [0.15, 0.2) is 6.61 Å². The Bertz CT molecular complexity index is 668. The fraction of sp³-hybridized carbons (Fsp3) is 0.533. The average Bonchev–Trinajstić information content (AvgIpc) is 3.32. The molecule has 0 bridgehead atoms. The van der Waals surface area contributed by atoms with Crippen molar-refractivity contribution in [1.82, 2.24) is 10.3 Å². The summed E-state index contributed by atoms with van der Waals surface area (Å²) in [7, 11) is 0. The van der Waals surface area contributed by atoms with Gasteiger partial charge in [-0.25, -0.2) is 14.8 Å². The van der Waals surface area contributed by atoms with E-state index in [4.69, 9.17) is 0 Å². The van der Waals surface area contributed by atoms with Crippen LogP contribution in [0.4, 0.5) is 31.1 Å². The number of alkyl halides is 6. The number of amides is 2. The van der Waals surface area contributed by atoms with Crippen LogP contribution in [0.1, 0.15) is 24.8 Å². The van der Waals surface area contributed by atoms with Gasteiger partial charge in [-0.15, -0.1) is 0 Å². The molecular weight excluding hydrogens is 368 g/mol. The first kappa shape index (κ1) is 20.0. The molecule has 5 nitrogen and oxygen atoms in total. The van der Waals surface area contributed by atoms with Crippen LogP contribution in [-0.2, 0) is 0 Å². The number of carbonyl (C=O) groups excluding carboxylic acids is 1. The van der Waals surface area contributed by atoms with Gasteiger partial charge in [-0.1, -0.05) is 0 Å². The minimum Gasteiger partial charge on any atom is -0.468 e. The summed E-state index contributed by atoms with van der Waals surface area (Å²) < 4.78 is 78.9. The molecule has 0 atom stereocenters. The van der Waals surface area contributed by atoms with Crippen molar-refractivity contribution in [2.24, 2.45) is 10.4 Å². The van der Waals surface area contributed by atoms with E-state index in [1.165, 1.54) is 12.3 Å². The van der Waals surface area contributed by atoms with E-state index in [-0.39, 0.29) is 37.3 Å². The van der Waals surface area contributed by atoms with Gasteiger partial charge in [0.1, 0.15) is 0 Å². The Labute approximate surface area is 144 Å². The smallest absolute Gasteiger partial charge is 0.422 e. The van der Waals surface area contributed by atoms with Crippen LogP contribution in [0, 0.1) is 5.41 Å². The van der Waals surface area contributed by atoms with Crippen LogP contribution < -0.4 is 10.1 Å². The standard InChI is InChI=1S/C15H15F6N3O2/c16-14(17,18)9-26-11-7-10(1-5-22-11)8-24-12(25)23-6-4-13(2-3-13)15(19,20)21/h1,5,7-8H,2-4,6,9H2,(H,23,25)/b24-8+. The van der Waals surface area contributed by atoms with E-state index in [0.29, 0.717) is 0 Å². The zero-order chi connectivity index (χ0) is 19.4. The molecule has 0 spiro atoms. The number of pyridine rings is 1. The first-order valence-electron chi connectivity index (χ1n) is 7.55. The van der Waals surface area contributed by atoms with Gasteiger partial charge in [-0.05, 0) is 30.9 Å². The number of hydrogen-bond acceptors (Lipinski definition) is 3. The molecule has 1 heterocycles. The summed E-state index contributed by atoms with van der Waals surface area (Å²) in [5, 5.41) is 2.25. The molecule has 11 heteroatoms. The summed E-state index contributed by atoms with van der Waals surface area (Å²) in [6, 6.07) is 1.67. The van der Waals surface area contributed by atoms with Crippen LogP contribution in [0.25, 0.3) is 0 Å². The summed E-state index contributed by atoms with van der Waals surface area (Å²) in [5.74, 6) is -0.299. The van der Waals surface area contributed by atoms with Crippen molar-refractivity contribution in [2.45, 2.75) is 31.6 Å². The number of rotatable bonds is 6. The topological polar surface area (TPSA) is 63.6 Å². The van der Waals surface area contributed by atoms with Crippen molar-refractivity contribution >= 4 is 12.2 Å². The summed E-state index contributed by atoms with van der Waals surface area (Å²) in [6.07, 6.45) is -6.70. The van der Waals surface area contributed by atoms with E-state index in [2.05, 4.69) is 20.0 Å². The van der Waals surface area contributed by atoms with Gasteiger partial charge < -0.3 is 10.1 Å². The first-order valence-corrected chi connectivity index (χ1v) is 7.55. The summed E-state index contributed by atoms with van der Waals surface area (Å²) >= 11 is 0. The maximum atomic E-state index is 12.7. The second kappa shape index (κ2) is 7.50. The number of halogens is 6. The minimum atomic E-state index is -4.51. The molecule has 26 heavy (non-hydrogen) atoms. The molecule has 0 radical (unpaired) electrons. The maximum Gasteiger partial charge on any atom is 0.422 e. The fourth-order valence-corrected chi connectivity index (χ4v) is 2.15. The Morgan fingerprint density at radius 1 is 1.31 bits per heavy atom. The van der Waals surface area contributed by atoms with Crippen molar-refractivity contribution in [1.29, 1.82) is 0 Å². The second-order valence-electron chi connectivity index (χ2n) is 5.85. The third-order valence-electron chi connectivity index (χ3n) is 3.81. The number of nitrogens with zero attached hydrogens (tertiary/aromatic N) is 2. The molecular formula is C15H15F6N3O2. The average molecular weight is 383 g/mol. The SMILES string of the molecule is O=C(/N=C/c1ccnc(OCC(F)(F)F)c1)NCCC1(C(F)(F)F)CC1. The predicted molar refractivity (Wildman–Crippen MR) is 79.1 cm³/mol. The maximum absolute atomic E-state index is 12.7. The van der Waals surface area contributed by atoms with Crippen LogP contribution in [0.5, 0.6) is 5.88 Å². The van der Waals surface area contributed by atoms with Crippen molar-refractivity contribution in [2.75, 3.05) is 13.2 Å². The van der Waals surface area contributed by atoms with Crippen LogP contribution in [-0.4, -0.2) is 42.7 Å². The highest BCUT2D eigenvalue weighted by atomic mass is 19.4. The molecule has 1 aromatic rings. The summed E-state index contributed by atoms with van der Waals surface area (Å²) in [4.78, 5) is 18.6. The Kier molecular flexibility index (Phi) is 5.77. The van der Waals surface area contributed by atoms with E-state index in [9.17, 15) is 31.1 Å². The van der Waals surface area contributed by atoms with E-state index in [1.807, 2.05) is 0 Å². The predicted octanol–water partition coefficient (Wildman–Crippen LogP) is 3.88. The van der Waals surface area contributed by atoms with Gasteiger partial charge in [-0.3, -0.25) is 0 Å². The molecule has 2 amide bonds. The lowest BCUT2D eigenvalue weighted by atomic mass is 10.0. The highest BCUT2D eigenvalue weighted by Crippen LogP contribution is 2.59.